The summed E-state index contributed by atoms with van der Waals surface area (Å²) >= 11 is 0. The van der Waals surface area contributed by atoms with Gasteiger partial charge in [-0.2, -0.15) is 0 Å². The number of hydrogen-bond acceptors (Lipinski definition) is 5. The predicted octanol–water partition coefficient (Wildman–Crippen LogP) is 2.02. The Balaban J connectivity index is 3.01. The molecular formula is C12H15NO6. The normalized spacial score (nSPS) is 10.2. The Hall–Kier alpha value is -2.15. The van der Waals surface area contributed by atoms with Crippen LogP contribution >= 0.6 is 0 Å². The van der Waals surface area contributed by atoms with Gasteiger partial charge in [-0.15, -0.1) is 0 Å². The molecule has 0 radical (unpaired) electrons. The Kier molecular flexibility index (Phi) is 5.25. The topological polar surface area (TPSA) is 98.9 Å². The van der Waals surface area contributed by atoms with Crippen molar-refractivity contribution >= 4 is 11.7 Å². The van der Waals surface area contributed by atoms with Crippen LogP contribution in [-0.2, 0) is 4.74 Å². The van der Waals surface area contributed by atoms with Crippen LogP contribution in [0.5, 0.6) is 5.75 Å². The highest BCUT2D eigenvalue weighted by Crippen LogP contribution is 2.29. The molecule has 0 unspecified atom stereocenters. The minimum atomic E-state index is -1.24. The second kappa shape index (κ2) is 6.69. The third-order valence-electron chi connectivity index (χ3n) is 2.47. The third-order valence-corrected chi connectivity index (χ3v) is 2.47. The fraction of sp³-hybridized carbons (Fsp3) is 0.417. The number of benzene rings is 1. The quantitative estimate of drug-likeness (QED) is 0.462. The molecule has 0 saturated carbocycles. The summed E-state index contributed by atoms with van der Waals surface area (Å²) in [7, 11) is 0. The molecule has 1 rings (SSSR count). The van der Waals surface area contributed by atoms with Crippen molar-refractivity contribution < 1.29 is 24.3 Å². The Bertz CT molecular complexity index is 485. The van der Waals surface area contributed by atoms with Crippen LogP contribution in [0.4, 0.5) is 5.69 Å². The van der Waals surface area contributed by atoms with Gasteiger partial charge < -0.3 is 14.6 Å². The lowest BCUT2D eigenvalue weighted by molar-refractivity contribution is -0.385. The van der Waals surface area contributed by atoms with Crippen LogP contribution in [0, 0.1) is 17.0 Å². The van der Waals surface area contributed by atoms with E-state index in [-0.39, 0.29) is 23.6 Å². The van der Waals surface area contributed by atoms with Crippen molar-refractivity contribution in [3.05, 3.63) is 33.4 Å². The lowest BCUT2D eigenvalue weighted by atomic mass is 10.1. The highest BCUT2D eigenvalue weighted by molar-refractivity contribution is 5.89. The maximum atomic E-state index is 10.9. The van der Waals surface area contributed by atoms with Crippen LogP contribution in [0.2, 0.25) is 0 Å². The van der Waals surface area contributed by atoms with Crippen molar-refractivity contribution in [2.75, 3.05) is 19.8 Å². The van der Waals surface area contributed by atoms with Gasteiger partial charge in [0.1, 0.15) is 12.4 Å². The van der Waals surface area contributed by atoms with Crippen molar-refractivity contribution in [1.29, 1.82) is 0 Å². The van der Waals surface area contributed by atoms with E-state index in [0.29, 0.717) is 18.8 Å². The Labute approximate surface area is 109 Å². The SMILES string of the molecule is CCOCCOc1cc(C(=O)O)cc([N+](=O)[O-])c1C. The zero-order valence-corrected chi connectivity index (χ0v) is 10.7. The second-order valence-electron chi connectivity index (χ2n) is 3.73. The maximum absolute atomic E-state index is 10.9. The summed E-state index contributed by atoms with van der Waals surface area (Å²) in [6, 6.07) is 2.30. The van der Waals surface area contributed by atoms with Gasteiger partial charge in [-0.05, 0) is 19.9 Å². The average Bonchev–Trinajstić information content (AvgIpc) is 2.35. The van der Waals surface area contributed by atoms with E-state index < -0.39 is 10.9 Å². The van der Waals surface area contributed by atoms with E-state index in [4.69, 9.17) is 14.6 Å². The van der Waals surface area contributed by atoms with Crippen LogP contribution in [0.3, 0.4) is 0 Å². The molecule has 7 heteroatoms. The summed E-state index contributed by atoms with van der Waals surface area (Å²) in [5.41, 5.74) is -0.151. The summed E-state index contributed by atoms with van der Waals surface area (Å²) in [6.45, 7) is 4.43. The van der Waals surface area contributed by atoms with Gasteiger partial charge in [-0.1, -0.05) is 0 Å². The number of nitrogens with zero attached hydrogens (tertiary/aromatic N) is 1. The van der Waals surface area contributed by atoms with Crippen molar-refractivity contribution in [2.24, 2.45) is 0 Å². The van der Waals surface area contributed by atoms with Crippen LogP contribution in [0.15, 0.2) is 12.1 Å². The molecule has 0 heterocycles. The predicted molar refractivity (Wildman–Crippen MR) is 66.8 cm³/mol. The first kappa shape index (κ1) is 14.9. The number of carboxylic acids is 1. The first-order chi connectivity index (χ1) is 8.97. The molecule has 0 bridgehead atoms. The van der Waals surface area contributed by atoms with Crippen LogP contribution in [0.1, 0.15) is 22.8 Å². The monoisotopic (exact) mass is 269 g/mol. The minimum Gasteiger partial charge on any atom is -0.491 e. The number of carbonyl (C=O) groups is 1. The molecule has 1 aromatic rings. The van der Waals surface area contributed by atoms with Crippen LogP contribution in [-0.4, -0.2) is 35.8 Å². The number of aromatic carboxylic acids is 1. The third kappa shape index (κ3) is 3.92. The molecule has 1 N–H and O–H groups in total. The van der Waals surface area contributed by atoms with E-state index >= 15 is 0 Å². The van der Waals surface area contributed by atoms with Gasteiger partial charge in [0.2, 0.25) is 0 Å². The van der Waals surface area contributed by atoms with E-state index in [1.165, 1.54) is 13.0 Å². The molecule has 0 atom stereocenters. The lowest BCUT2D eigenvalue weighted by Crippen LogP contribution is -2.09. The number of nitro groups is 1. The molecule has 104 valence electrons. The highest BCUT2D eigenvalue weighted by Gasteiger charge is 2.19. The maximum Gasteiger partial charge on any atom is 0.336 e. The molecule has 0 fully saturated rings. The Morgan fingerprint density at radius 2 is 2.11 bits per heavy atom. The Morgan fingerprint density at radius 3 is 2.63 bits per heavy atom. The van der Waals surface area contributed by atoms with Crippen molar-refractivity contribution in [3.63, 3.8) is 0 Å². The summed E-state index contributed by atoms with van der Waals surface area (Å²) in [5, 5.41) is 19.8. The molecule has 0 aliphatic carbocycles. The molecule has 0 amide bonds. The molecule has 7 nitrogen and oxygen atoms in total. The van der Waals surface area contributed by atoms with Gasteiger partial charge in [-0.25, -0.2) is 4.79 Å². The molecular weight excluding hydrogens is 254 g/mol. The summed E-state index contributed by atoms with van der Waals surface area (Å²) < 4.78 is 10.4. The smallest absolute Gasteiger partial charge is 0.336 e. The highest BCUT2D eigenvalue weighted by atomic mass is 16.6. The molecule has 19 heavy (non-hydrogen) atoms. The van der Waals surface area contributed by atoms with Gasteiger partial charge in [0.15, 0.2) is 0 Å². The van der Waals surface area contributed by atoms with Crippen LogP contribution in [0.25, 0.3) is 0 Å². The minimum absolute atomic E-state index is 0.177. The second-order valence-corrected chi connectivity index (χ2v) is 3.73. The fourth-order valence-electron chi connectivity index (χ4n) is 1.49. The van der Waals surface area contributed by atoms with Gasteiger partial charge >= 0.3 is 5.97 Å². The standard InChI is InChI=1S/C12H15NO6/c1-3-18-4-5-19-11-7-9(12(14)15)6-10(8(11)2)13(16)17/h6-7H,3-5H2,1-2H3,(H,14,15). The zero-order chi connectivity index (χ0) is 14.4. The van der Waals surface area contributed by atoms with E-state index in [9.17, 15) is 14.9 Å². The van der Waals surface area contributed by atoms with Gasteiger partial charge in [0.05, 0.1) is 22.7 Å². The Morgan fingerprint density at radius 1 is 1.42 bits per heavy atom. The van der Waals surface area contributed by atoms with Crippen molar-refractivity contribution in [3.8, 4) is 5.75 Å². The number of carboxylic acid groups (broad SMARTS) is 1. The van der Waals surface area contributed by atoms with E-state index in [2.05, 4.69) is 0 Å². The first-order valence-corrected chi connectivity index (χ1v) is 5.70. The lowest BCUT2D eigenvalue weighted by Gasteiger charge is -2.10. The molecule has 0 aromatic heterocycles. The first-order valence-electron chi connectivity index (χ1n) is 5.70. The van der Waals surface area contributed by atoms with Crippen LogP contribution < -0.4 is 4.74 Å². The van der Waals surface area contributed by atoms with E-state index in [1.807, 2.05) is 6.92 Å². The van der Waals surface area contributed by atoms with Gasteiger partial charge in [-0.3, -0.25) is 10.1 Å². The van der Waals surface area contributed by atoms with Crippen molar-refractivity contribution in [2.45, 2.75) is 13.8 Å². The number of rotatable bonds is 7. The van der Waals surface area contributed by atoms with E-state index in [0.717, 1.165) is 6.07 Å². The molecule has 1 aromatic carbocycles. The molecule has 0 saturated heterocycles. The molecule has 0 aliphatic heterocycles. The average molecular weight is 269 g/mol. The number of hydrogen-bond donors (Lipinski definition) is 1. The van der Waals surface area contributed by atoms with Crippen molar-refractivity contribution in [1.82, 2.24) is 0 Å². The summed E-state index contributed by atoms with van der Waals surface area (Å²) in [6.07, 6.45) is 0. The van der Waals surface area contributed by atoms with Gasteiger partial charge in [0.25, 0.3) is 5.69 Å². The largest absolute Gasteiger partial charge is 0.491 e. The summed E-state index contributed by atoms with van der Waals surface area (Å²) in [4.78, 5) is 21.1. The number of nitro benzene ring substituents is 1. The zero-order valence-electron chi connectivity index (χ0n) is 10.7. The summed E-state index contributed by atoms with van der Waals surface area (Å²) in [5.74, 6) is -1.05. The molecule has 0 aliphatic rings. The van der Waals surface area contributed by atoms with E-state index in [1.54, 1.807) is 0 Å². The molecule has 0 spiro atoms. The fourth-order valence-corrected chi connectivity index (χ4v) is 1.49. The number of ether oxygens (including phenoxy) is 2. The van der Waals surface area contributed by atoms with Gasteiger partial charge in [0, 0.05) is 12.7 Å².